The Hall–Kier alpha value is -5.04. The van der Waals surface area contributed by atoms with Gasteiger partial charge >= 0.3 is 0 Å². The summed E-state index contributed by atoms with van der Waals surface area (Å²) in [5, 5.41) is 3.44. The Balaban J connectivity index is 0.000000742. The SMILES string of the molecule is C=C.C=C(C)N(C)C(C(N)=O)C(C)C.C=C(CCCCCc1nc(-c2ccc3c(c2)C(CC(C)(C)CCC=O)C(c2cccnc2C(C)CC)N3CC)cs1)NNC.C=CC(=C)N1CCC1(CCC)CCC.CN. The molecule has 6 N–H and O–H groups in total. The first-order valence-corrected chi connectivity index (χ1v) is 28.4. The van der Waals surface area contributed by atoms with Crippen molar-refractivity contribution < 1.29 is 9.59 Å². The lowest BCUT2D eigenvalue weighted by molar-refractivity contribution is -0.123. The molecule has 0 spiro atoms. The molecule has 1 saturated heterocycles. The lowest BCUT2D eigenvalue weighted by Gasteiger charge is -2.55. The summed E-state index contributed by atoms with van der Waals surface area (Å²) in [5.41, 5.74) is 26.8. The summed E-state index contributed by atoms with van der Waals surface area (Å²) in [6.07, 6.45) is 20.4. The van der Waals surface area contributed by atoms with E-state index in [2.05, 4.69) is 150 Å². The number of unbranched alkanes of at least 4 members (excludes halogenated alkanes) is 2. The van der Waals surface area contributed by atoms with Crippen molar-refractivity contribution in [1.82, 2.24) is 30.6 Å². The third-order valence-corrected chi connectivity index (χ3v) is 15.5. The van der Waals surface area contributed by atoms with Crippen LogP contribution in [0.25, 0.3) is 11.3 Å². The number of aromatic nitrogens is 2. The first kappa shape index (κ1) is 67.0. The minimum absolute atomic E-state index is 0.0306. The van der Waals surface area contributed by atoms with Crippen molar-refractivity contribution in [3.63, 3.8) is 0 Å². The number of likely N-dealkylation sites (tertiary alicyclic amines) is 1. The largest absolute Gasteiger partial charge is 0.368 e. The topological polar surface area (TPSA) is 146 Å². The molecule has 0 bridgehead atoms. The monoisotopic (exact) mass is 1040 g/mol. The van der Waals surface area contributed by atoms with Gasteiger partial charge in [-0.1, -0.05) is 113 Å². The van der Waals surface area contributed by atoms with Gasteiger partial charge in [0.25, 0.3) is 0 Å². The number of allylic oxidation sites excluding steroid dienone is 3. The summed E-state index contributed by atoms with van der Waals surface area (Å²) in [6.45, 7) is 45.6. The maximum Gasteiger partial charge on any atom is 0.240 e. The van der Waals surface area contributed by atoms with Gasteiger partial charge in [0.15, 0.2) is 0 Å². The second kappa shape index (κ2) is 34.5. The lowest BCUT2D eigenvalue weighted by Crippen LogP contribution is -2.58. The number of hydrazine groups is 1. The summed E-state index contributed by atoms with van der Waals surface area (Å²) >= 11 is 1.78. The number of amides is 1. The maximum atomic E-state index is 11.3. The summed E-state index contributed by atoms with van der Waals surface area (Å²) in [6, 6.07) is 11.4. The van der Waals surface area contributed by atoms with Crippen molar-refractivity contribution in [2.75, 3.05) is 39.1 Å². The molecule has 4 unspecified atom stereocenters. The van der Waals surface area contributed by atoms with E-state index < -0.39 is 0 Å². The van der Waals surface area contributed by atoms with Crippen LogP contribution >= 0.6 is 11.3 Å². The van der Waals surface area contributed by atoms with Gasteiger partial charge in [-0.25, -0.2) is 10.4 Å². The third kappa shape index (κ3) is 19.3. The zero-order valence-electron chi connectivity index (χ0n) is 48.8. The number of primary amides is 1. The quantitative estimate of drug-likeness (QED) is 0.0182. The van der Waals surface area contributed by atoms with Crippen LogP contribution < -0.4 is 27.2 Å². The molecule has 2 aromatic heterocycles. The molecule has 0 radical (unpaired) electrons. The number of nitrogens with two attached hydrogens (primary N) is 2. The normalized spacial score (nSPS) is 15.9. The Bertz CT molecular complexity index is 2160. The summed E-state index contributed by atoms with van der Waals surface area (Å²) in [4.78, 5) is 39.3. The molecule has 5 rings (SSSR count). The van der Waals surface area contributed by atoms with Gasteiger partial charge in [-0.05, 0) is 138 Å². The molecule has 74 heavy (non-hydrogen) atoms. The number of nitrogens with one attached hydrogen (secondary N) is 2. The average Bonchev–Trinajstić information content (AvgIpc) is 3.98. The predicted octanol–water partition coefficient (Wildman–Crippen LogP) is 14.2. The van der Waals surface area contributed by atoms with E-state index in [1.165, 1.54) is 85.2 Å². The van der Waals surface area contributed by atoms with Crippen LogP contribution in [0.15, 0.2) is 105 Å². The zero-order chi connectivity index (χ0) is 56.2. The first-order chi connectivity index (χ1) is 35.3. The molecule has 0 aliphatic carbocycles. The Morgan fingerprint density at radius 2 is 1.69 bits per heavy atom. The number of hydrogen-bond acceptors (Lipinski definition) is 11. The zero-order valence-corrected chi connectivity index (χ0v) is 49.6. The highest BCUT2D eigenvalue weighted by Gasteiger charge is 2.44. The first-order valence-electron chi connectivity index (χ1n) is 27.5. The van der Waals surface area contributed by atoms with Gasteiger partial charge in [0.05, 0.1) is 16.7 Å². The van der Waals surface area contributed by atoms with Crippen LogP contribution in [0.2, 0.25) is 0 Å². The predicted molar refractivity (Wildman–Crippen MR) is 321 cm³/mol. The fourth-order valence-electron chi connectivity index (χ4n) is 10.7. The smallest absolute Gasteiger partial charge is 0.240 e. The summed E-state index contributed by atoms with van der Waals surface area (Å²) < 4.78 is 0. The Labute approximate surface area is 455 Å². The number of anilines is 1. The molecule has 4 heterocycles. The van der Waals surface area contributed by atoms with Crippen LogP contribution in [0.3, 0.4) is 0 Å². The minimum Gasteiger partial charge on any atom is -0.368 e. The highest BCUT2D eigenvalue weighted by molar-refractivity contribution is 7.09. The third-order valence-electron chi connectivity index (χ3n) is 14.6. The number of pyridine rings is 1. The van der Waals surface area contributed by atoms with Crippen molar-refractivity contribution in [3.05, 3.63) is 126 Å². The van der Waals surface area contributed by atoms with Crippen molar-refractivity contribution in [3.8, 4) is 11.3 Å². The lowest BCUT2D eigenvalue weighted by atomic mass is 9.73. The summed E-state index contributed by atoms with van der Waals surface area (Å²) in [7, 11) is 5.20. The van der Waals surface area contributed by atoms with Crippen molar-refractivity contribution in [2.45, 2.75) is 189 Å². The molecule has 414 valence electrons. The molecule has 2 aliphatic rings. The molecule has 2 aliphatic heterocycles. The average molecular weight is 1040 g/mol. The maximum absolute atomic E-state index is 11.3. The van der Waals surface area contributed by atoms with E-state index in [0.29, 0.717) is 23.8 Å². The molecular formula is C62H103N9O2S. The molecule has 0 saturated carbocycles. The number of aryl methyl sites for hydroxylation is 1. The second-order valence-corrected chi connectivity index (χ2v) is 21.8. The van der Waals surface area contributed by atoms with E-state index in [-0.39, 0.29) is 29.3 Å². The molecule has 1 aromatic carbocycles. The molecule has 3 aromatic rings. The fraction of sp³-hybridized carbons (Fsp3) is 0.581. The van der Waals surface area contributed by atoms with Crippen molar-refractivity contribution in [1.29, 1.82) is 0 Å². The van der Waals surface area contributed by atoms with E-state index in [1.807, 2.05) is 52.0 Å². The van der Waals surface area contributed by atoms with E-state index in [4.69, 9.17) is 15.7 Å². The number of likely N-dealkylation sites (N-methyl/N-ethyl adjacent to an activating group) is 2. The van der Waals surface area contributed by atoms with Crippen LogP contribution in [0.5, 0.6) is 0 Å². The molecule has 1 fully saturated rings. The Kier molecular flexibility index (Phi) is 31.2. The molecule has 12 heteroatoms. The van der Waals surface area contributed by atoms with Gasteiger partial charge < -0.3 is 36.4 Å². The number of rotatable bonds is 28. The van der Waals surface area contributed by atoms with E-state index in [1.54, 1.807) is 11.3 Å². The van der Waals surface area contributed by atoms with E-state index >= 15 is 0 Å². The van der Waals surface area contributed by atoms with Crippen LogP contribution in [0, 0.1) is 11.3 Å². The number of carbonyl (C=O) groups excluding carboxylic acids is 2. The molecular weight excluding hydrogens is 935 g/mol. The Morgan fingerprint density at radius 3 is 2.19 bits per heavy atom. The van der Waals surface area contributed by atoms with Crippen molar-refractivity contribution >= 4 is 29.2 Å². The van der Waals surface area contributed by atoms with Gasteiger partial charge in [0.1, 0.15) is 12.3 Å². The highest BCUT2D eigenvalue weighted by atomic mass is 32.1. The second-order valence-electron chi connectivity index (χ2n) is 20.9. The number of fused-ring (bicyclic) bond motifs is 1. The number of aldehydes is 1. The van der Waals surface area contributed by atoms with E-state index in [0.717, 1.165) is 80.6 Å². The number of benzene rings is 1. The minimum atomic E-state index is -0.296. The van der Waals surface area contributed by atoms with Gasteiger partial charge in [0, 0.05) is 90.7 Å². The summed E-state index contributed by atoms with van der Waals surface area (Å²) in [5.74, 6) is 0.605. The van der Waals surface area contributed by atoms with Crippen LogP contribution in [-0.2, 0) is 16.0 Å². The number of nitrogens with zero attached hydrogens (tertiary/aromatic N) is 5. The van der Waals surface area contributed by atoms with Crippen LogP contribution in [0.4, 0.5) is 5.69 Å². The van der Waals surface area contributed by atoms with Gasteiger partial charge in [-0.3, -0.25) is 9.78 Å². The van der Waals surface area contributed by atoms with E-state index in [9.17, 15) is 9.59 Å². The highest BCUT2D eigenvalue weighted by Crippen LogP contribution is 2.55. The number of thiazole rings is 1. The molecule has 1 amide bonds. The van der Waals surface area contributed by atoms with Gasteiger partial charge in [0.2, 0.25) is 5.91 Å². The van der Waals surface area contributed by atoms with Crippen molar-refractivity contribution in [2.24, 2.45) is 22.8 Å². The van der Waals surface area contributed by atoms with Crippen LogP contribution in [-0.4, -0.2) is 77.8 Å². The van der Waals surface area contributed by atoms with Gasteiger partial charge in [-0.2, -0.15) is 0 Å². The molecule has 4 atom stereocenters. The Morgan fingerprint density at radius 1 is 1.03 bits per heavy atom. The fourth-order valence-corrected chi connectivity index (χ4v) is 11.5. The number of hydrogen-bond donors (Lipinski definition) is 4. The van der Waals surface area contributed by atoms with Gasteiger partial charge in [-0.15, -0.1) is 24.5 Å². The number of carbonyl (C=O) groups is 2. The molecule has 11 nitrogen and oxygen atoms in total. The van der Waals surface area contributed by atoms with Crippen LogP contribution in [0.1, 0.15) is 192 Å². The standard InChI is InChI=1S/C37H53N5OS.C13H23N.C9H18N2O.C2H4.CH5N/c1-8-26(3)35-29(16-13-21-39-35)36-31(24-37(5,6)20-14-22-43)30-23-28(18-19-33(30)42(36)9-2)32-25-44-34(40-32)17-12-10-11-15-27(4)41-38-7;1-5-8-13(9-6-2)10-11-14(13)12(4)7-3;1-6(2)8(9(10)12)11(5)7(3)4;2*1-2/h13,16,18-19,21-23,25-26,31,36,38,41H,4,8-12,14-15,17,20,24H2,1-3,5-7H3;7H,3-6,8-11H2,1-2H3;6,8H,3H2,1-2,4-5H3,(H2,10,12);1-2H2;2H2,1H3.